The first kappa shape index (κ1) is 23.1. The fourth-order valence-corrected chi connectivity index (χ4v) is 5.22. The third-order valence-electron chi connectivity index (χ3n) is 6.99. The third-order valence-corrected chi connectivity index (χ3v) is 7.37. The van der Waals surface area contributed by atoms with Crippen molar-refractivity contribution < 1.29 is 18.7 Å². The summed E-state index contributed by atoms with van der Waals surface area (Å²) in [5, 5.41) is 8.97. The number of halogens is 2. The standard InChI is InChI=1S/C24H25ClFN7O3/c25-18-15(22(35)33-10-14-9-24(33,27)11-36-14)3-4-28-20(18)31-19-16(12-1-2-12)7-13(8-17(19)26)21(34)32-23-29-5-6-30-23/h3-4,7-8,12,14H,1-2,5-6,9-11,27H2,(H,28,31)(H2,29,30,32,34)/t14?,24-/m1/s1. The van der Waals surface area contributed by atoms with Crippen molar-refractivity contribution in [2.45, 2.75) is 36.9 Å². The number of nitrogens with zero attached hydrogens (tertiary/aromatic N) is 3. The Morgan fingerprint density at radius 3 is 2.75 bits per heavy atom. The first-order chi connectivity index (χ1) is 17.3. The molecule has 36 heavy (non-hydrogen) atoms. The molecule has 188 valence electrons. The highest BCUT2D eigenvalue weighted by molar-refractivity contribution is 6.36. The van der Waals surface area contributed by atoms with Gasteiger partial charge in [0.25, 0.3) is 11.8 Å². The number of nitrogens with one attached hydrogen (secondary N) is 3. The number of guanidine groups is 1. The predicted octanol–water partition coefficient (Wildman–Crippen LogP) is 2.08. The number of fused-ring (bicyclic) bond motifs is 2. The van der Waals surface area contributed by atoms with Crippen LogP contribution in [-0.2, 0) is 4.74 Å². The molecule has 3 aliphatic heterocycles. The zero-order valence-corrected chi connectivity index (χ0v) is 20.1. The zero-order chi connectivity index (χ0) is 25.0. The van der Waals surface area contributed by atoms with E-state index in [1.165, 1.54) is 12.3 Å². The average molecular weight is 514 g/mol. The van der Waals surface area contributed by atoms with Crippen molar-refractivity contribution in [2.24, 2.45) is 10.7 Å². The first-order valence-corrected chi connectivity index (χ1v) is 12.3. The molecule has 4 heterocycles. The lowest BCUT2D eigenvalue weighted by molar-refractivity contribution is -0.00169. The number of hydrogen-bond donors (Lipinski definition) is 4. The second-order valence-electron chi connectivity index (χ2n) is 9.62. The molecule has 1 aromatic heterocycles. The highest BCUT2D eigenvalue weighted by atomic mass is 35.5. The summed E-state index contributed by atoms with van der Waals surface area (Å²) in [5.41, 5.74) is 6.73. The Morgan fingerprint density at radius 1 is 1.31 bits per heavy atom. The van der Waals surface area contributed by atoms with Crippen LogP contribution < -0.4 is 21.7 Å². The molecule has 4 aliphatic rings. The van der Waals surface area contributed by atoms with Crippen LogP contribution in [0.3, 0.4) is 0 Å². The summed E-state index contributed by atoms with van der Waals surface area (Å²) in [6.45, 7) is 2.01. The van der Waals surface area contributed by atoms with Crippen LogP contribution in [0.15, 0.2) is 29.4 Å². The van der Waals surface area contributed by atoms with Gasteiger partial charge in [-0.05, 0) is 42.5 Å². The van der Waals surface area contributed by atoms with E-state index in [-0.39, 0.29) is 52.2 Å². The van der Waals surface area contributed by atoms with E-state index in [0.29, 0.717) is 37.6 Å². The summed E-state index contributed by atoms with van der Waals surface area (Å²) in [6.07, 6.45) is 3.68. The van der Waals surface area contributed by atoms with E-state index < -0.39 is 17.4 Å². The Labute approximate surface area is 211 Å². The zero-order valence-electron chi connectivity index (χ0n) is 19.3. The molecule has 0 spiro atoms. The molecule has 1 unspecified atom stereocenters. The van der Waals surface area contributed by atoms with Gasteiger partial charge in [0, 0.05) is 37.8 Å². The third kappa shape index (κ3) is 4.06. The molecule has 0 radical (unpaired) electrons. The molecule has 2 aromatic rings. The van der Waals surface area contributed by atoms with Crippen molar-refractivity contribution >= 4 is 40.9 Å². The number of carbonyl (C=O) groups is 2. The maximum atomic E-state index is 15.4. The van der Waals surface area contributed by atoms with Crippen LogP contribution in [0.5, 0.6) is 0 Å². The van der Waals surface area contributed by atoms with Crippen molar-refractivity contribution in [3.8, 4) is 0 Å². The maximum Gasteiger partial charge on any atom is 0.280 e. The molecule has 5 N–H and O–H groups in total. The van der Waals surface area contributed by atoms with Crippen LogP contribution >= 0.6 is 11.6 Å². The molecule has 1 saturated carbocycles. The number of likely N-dealkylation sites (tertiary alicyclic amines) is 1. The number of anilines is 2. The monoisotopic (exact) mass is 513 g/mol. The Bertz CT molecular complexity index is 1290. The molecule has 4 fully saturated rings. The predicted molar refractivity (Wildman–Crippen MR) is 131 cm³/mol. The van der Waals surface area contributed by atoms with Crippen molar-refractivity contribution in [1.29, 1.82) is 0 Å². The van der Waals surface area contributed by atoms with Gasteiger partial charge in [0.2, 0.25) is 0 Å². The highest BCUT2D eigenvalue weighted by Crippen LogP contribution is 2.46. The Balaban J connectivity index is 1.30. The van der Waals surface area contributed by atoms with Gasteiger partial charge >= 0.3 is 0 Å². The second kappa shape index (κ2) is 8.68. The van der Waals surface area contributed by atoms with Gasteiger partial charge in [0.15, 0.2) is 5.96 Å². The van der Waals surface area contributed by atoms with E-state index in [4.69, 9.17) is 22.1 Å². The number of morpholine rings is 1. The average Bonchev–Trinajstić information content (AvgIpc) is 3.28. The molecule has 12 heteroatoms. The molecule has 2 amide bonds. The molecule has 1 aromatic carbocycles. The molecule has 3 saturated heterocycles. The lowest BCUT2D eigenvalue weighted by atomic mass is 10.0. The number of pyridine rings is 1. The van der Waals surface area contributed by atoms with Crippen LogP contribution in [0.4, 0.5) is 15.9 Å². The first-order valence-electron chi connectivity index (χ1n) is 11.9. The summed E-state index contributed by atoms with van der Waals surface area (Å²) in [4.78, 5) is 35.8. The lowest BCUT2D eigenvalue weighted by Crippen LogP contribution is -2.57. The van der Waals surface area contributed by atoms with E-state index in [1.807, 2.05) is 0 Å². The fourth-order valence-electron chi connectivity index (χ4n) is 4.98. The molecule has 2 atom stereocenters. The Hall–Kier alpha value is -3.28. The van der Waals surface area contributed by atoms with Crippen LogP contribution in [0.2, 0.25) is 5.02 Å². The molecule has 10 nitrogen and oxygen atoms in total. The number of carbonyl (C=O) groups excluding carboxylic acids is 2. The summed E-state index contributed by atoms with van der Waals surface area (Å²) in [5.74, 6) is -0.858. The van der Waals surface area contributed by atoms with E-state index in [2.05, 4.69) is 25.9 Å². The van der Waals surface area contributed by atoms with Gasteiger partial charge in [-0.25, -0.2) is 9.37 Å². The Morgan fingerprint density at radius 2 is 2.08 bits per heavy atom. The van der Waals surface area contributed by atoms with Crippen molar-refractivity contribution in [2.75, 3.05) is 31.6 Å². The van der Waals surface area contributed by atoms with E-state index >= 15 is 4.39 Å². The van der Waals surface area contributed by atoms with Gasteiger partial charge in [0.05, 0.1) is 29.0 Å². The maximum absolute atomic E-state index is 15.4. The van der Waals surface area contributed by atoms with Gasteiger partial charge < -0.3 is 31.3 Å². The van der Waals surface area contributed by atoms with Crippen molar-refractivity contribution in [3.05, 3.63) is 51.9 Å². The number of benzene rings is 1. The highest BCUT2D eigenvalue weighted by Gasteiger charge is 2.51. The molecule has 2 bridgehead atoms. The number of aromatic nitrogens is 1. The van der Waals surface area contributed by atoms with Gasteiger partial charge in [-0.15, -0.1) is 0 Å². The summed E-state index contributed by atoms with van der Waals surface area (Å²) in [6, 6.07) is 4.33. The van der Waals surface area contributed by atoms with Crippen LogP contribution in [-0.4, -0.2) is 65.7 Å². The van der Waals surface area contributed by atoms with Crippen LogP contribution in [0, 0.1) is 5.82 Å². The largest absolute Gasteiger partial charge is 0.372 e. The van der Waals surface area contributed by atoms with Gasteiger partial charge in [-0.1, -0.05) is 11.6 Å². The van der Waals surface area contributed by atoms with Gasteiger partial charge in [-0.2, -0.15) is 4.99 Å². The minimum Gasteiger partial charge on any atom is -0.372 e. The number of hydrogen-bond acceptors (Lipinski definition) is 6. The van der Waals surface area contributed by atoms with E-state index in [9.17, 15) is 9.59 Å². The van der Waals surface area contributed by atoms with E-state index in [1.54, 1.807) is 11.0 Å². The number of rotatable bonds is 5. The number of ether oxygens (including phenoxy) is 1. The summed E-state index contributed by atoms with van der Waals surface area (Å²) < 4.78 is 20.9. The number of nitrogens with two attached hydrogens (primary N) is 1. The smallest absolute Gasteiger partial charge is 0.280 e. The van der Waals surface area contributed by atoms with Gasteiger partial charge in [-0.3, -0.25) is 9.59 Å². The summed E-state index contributed by atoms with van der Waals surface area (Å²) >= 11 is 6.60. The fraction of sp³-hybridized carbons (Fsp3) is 0.417. The molecule has 6 rings (SSSR count). The minimum atomic E-state index is -0.859. The quantitative estimate of drug-likeness (QED) is 0.477. The van der Waals surface area contributed by atoms with Crippen LogP contribution in [0.1, 0.15) is 51.5 Å². The second-order valence-corrected chi connectivity index (χ2v) is 10.00. The van der Waals surface area contributed by atoms with E-state index in [0.717, 1.165) is 18.9 Å². The number of amides is 2. The topological polar surface area (TPSA) is 134 Å². The minimum absolute atomic E-state index is 0.0703. The Kier molecular flexibility index (Phi) is 5.58. The molecular weight excluding hydrogens is 489 g/mol. The van der Waals surface area contributed by atoms with Gasteiger partial charge in [0.1, 0.15) is 17.3 Å². The molecule has 1 aliphatic carbocycles. The van der Waals surface area contributed by atoms with Crippen molar-refractivity contribution in [3.63, 3.8) is 0 Å². The summed E-state index contributed by atoms with van der Waals surface area (Å²) in [7, 11) is 0. The molecular formula is C24H25ClFN7O3. The number of aliphatic imine (C=N–C) groups is 1. The van der Waals surface area contributed by atoms with Crippen molar-refractivity contribution in [1.82, 2.24) is 20.5 Å². The van der Waals surface area contributed by atoms with Crippen LogP contribution in [0.25, 0.3) is 0 Å². The SMILES string of the molecule is N[C@@]12COC(CN1C(=O)c1ccnc(Nc3c(F)cc(C(=O)N=C4NCCN4)cc3C3CC3)c1Cl)C2. The normalized spacial score (nSPS) is 24.5. The lowest BCUT2D eigenvalue weighted by Gasteiger charge is -2.35.